The van der Waals surface area contributed by atoms with Gasteiger partial charge in [-0.3, -0.25) is 9.36 Å². The Balaban J connectivity index is 2.30. The molecule has 2 rings (SSSR count). The molecule has 0 saturated heterocycles. The van der Waals surface area contributed by atoms with Crippen LogP contribution in [0.2, 0.25) is 0 Å². The number of benzene rings is 1. The molecule has 0 spiro atoms. The third-order valence-electron chi connectivity index (χ3n) is 2.56. The van der Waals surface area contributed by atoms with E-state index in [0.29, 0.717) is 0 Å². The molecule has 2 aromatic rings. The second kappa shape index (κ2) is 4.56. The Bertz CT molecular complexity index is 658. The molecule has 1 aromatic carbocycles. The van der Waals surface area contributed by atoms with Crippen molar-refractivity contribution < 1.29 is 13.6 Å². The second-order valence-corrected chi connectivity index (χ2v) is 3.87. The number of ketones is 1. The molecule has 94 valence electrons. The van der Waals surface area contributed by atoms with Gasteiger partial charge in [0, 0.05) is 19.4 Å². The highest BCUT2D eigenvalue weighted by molar-refractivity contribution is 5.96. The molecule has 0 bridgehead atoms. The number of hydrogen-bond acceptors (Lipinski definition) is 2. The third kappa shape index (κ3) is 2.22. The Morgan fingerprint density at radius 2 is 2.00 bits per heavy atom. The van der Waals surface area contributed by atoms with Crippen molar-refractivity contribution in [3.63, 3.8) is 0 Å². The lowest BCUT2D eigenvalue weighted by Crippen LogP contribution is -2.25. The second-order valence-electron chi connectivity index (χ2n) is 3.87. The van der Waals surface area contributed by atoms with Crippen LogP contribution >= 0.6 is 0 Å². The number of carbonyl (C=O) groups is 1. The van der Waals surface area contributed by atoms with Gasteiger partial charge in [-0.25, -0.2) is 13.6 Å². The first kappa shape index (κ1) is 12.2. The van der Waals surface area contributed by atoms with Crippen LogP contribution in [0.4, 0.5) is 8.78 Å². The molecule has 0 radical (unpaired) electrons. The highest BCUT2D eigenvalue weighted by Crippen LogP contribution is 2.11. The van der Waals surface area contributed by atoms with Gasteiger partial charge >= 0.3 is 5.69 Å². The van der Waals surface area contributed by atoms with Gasteiger partial charge in [0.25, 0.3) is 0 Å². The number of Topliss-reactive ketones (excluding diaryl/α,β-unsaturated/α-hetero) is 1. The van der Waals surface area contributed by atoms with Crippen LogP contribution in [0.25, 0.3) is 0 Å². The summed E-state index contributed by atoms with van der Waals surface area (Å²) in [4.78, 5) is 23.3. The summed E-state index contributed by atoms with van der Waals surface area (Å²) in [5.41, 5.74) is -0.745. The summed E-state index contributed by atoms with van der Waals surface area (Å²) >= 11 is 0. The van der Waals surface area contributed by atoms with Gasteiger partial charge in [-0.2, -0.15) is 0 Å². The number of imidazole rings is 1. The first-order valence-corrected chi connectivity index (χ1v) is 5.19. The fourth-order valence-electron chi connectivity index (χ4n) is 1.58. The molecule has 1 heterocycles. The van der Waals surface area contributed by atoms with Crippen molar-refractivity contribution >= 4 is 5.78 Å². The average Bonchev–Trinajstić information content (AvgIpc) is 2.64. The van der Waals surface area contributed by atoms with Crippen molar-refractivity contribution in [2.45, 2.75) is 6.54 Å². The van der Waals surface area contributed by atoms with E-state index < -0.39 is 17.4 Å². The molecule has 1 aromatic heterocycles. The Kier molecular flexibility index (Phi) is 3.10. The van der Waals surface area contributed by atoms with E-state index in [1.807, 2.05) is 0 Å². The molecule has 0 aliphatic carbocycles. The Hall–Kier alpha value is -2.24. The van der Waals surface area contributed by atoms with Crippen molar-refractivity contribution in [2.75, 3.05) is 0 Å². The minimum atomic E-state index is -0.801. The molecule has 0 unspecified atom stereocenters. The van der Waals surface area contributed by atoms with Crippen molar-refractivity contribution in [3.05, 3.63) is 58.3 Å². The van der Waals surface area contributed by atoms with Gasteiger partial charge in [-0.1, -0.05) is 0 Å². The van der Waals surface area contributed by atoms with Crippen molar-refractivity contribution in [3.8, 4) is 0 Å². The van der Waals surface area contributed by atoms with E-state index in [1.54, 1.807) is 0 Å². The van der Waals surface area contributed by atoms with E-state index in [-0.39, 0.29) is 17.8 Å². The topological polar surface area (TPSA) is 44.0 Å². The number of hydrogen-bond donors (Lipinski definition) is 0. The van der Waals surface area contributed by atoms with Gasteiger partial charge in [0.2, 0.25) is 0 Å². The summed E-state index contributed by atoms with van der Waals surface area (Å²) in [6.07, 6.45) is 2.90. The van der Waals surface area contributed by atoms with Gasteiger partial charge < -0.3 is 4.57 Å². The summed E-state index contributed by atoms with van der Waals surface area (Å²) in [7, 11) is 1.53. The van der Waals surface area contributed by atoms with Gasteiger partial charge in [0.05, 0.1) is 12.1 Å². The van der Waals surface area contributed by atoms with E-state index in [9.17, 15) is 18.4 Å². The molecule has 0 amide bonds. The summed E-state index contributed by atoms with van der Waals surface area (Å²) < 4.78 is 28.7. The van der Waals surface area contributed by atoms with Gasteiger partial charge in [-0.15, -0.1) is 0 Å². The number of aryl methyl sites for hydroxylation is 1. The van der Waals surface area contributed by atoms with Crippen LogP contribution in [0.3, 0.4) is 0 Å². The maximum Gasteiger partial charge on any atom is 0.328 e. The van der Waals surface area contributed by atoms with Crippen LogP contribution in [0.15, 0.2) is 35.4 Å². The van der Waals surface area contributed by atoms with Gasteiger partial charge in [0.15, 0.2) is 5.78 Å². The third-order valence-corrected chi connectivity index (χ3v) is 2.56. The van der Waals surface area contributed by atoms with Crippen molar-refractivity contribution in [1.82, 2.24) is 9.13 Å². The number of rotatable bonds is 3. The van der Waals surface area contributed by atoms with E-state index in [1.165, 1.54) is 24.0 Å². The predicted molar refractivity (Wildman–Crippen MR) is 60.4 cm³/mol. The Morgan fingerprint density at radius 1 is 1.28 bits per heavy atom. The van der Waals surface area contributed by atoms with Gasteiger partial charge in [0.1, 0.15) is 11.6 Å². The van der Waals surface area contributed by atoms with Crippen LogP contribution < -0.4 is 5.69 Å². The number of aromatic nitrogens is 2. The van der Waals surface area contributed by atoms with E-state index >= 15 is 0 Å². The number of carbonyl (C=O) groups excluding carboxylic acids is 1. The van der Waals surface area contributed by atoms with Crippen LogP contribution in [-0.4, -0.2) is 14.9 Å². The lowest BCUT2D eigenvalue weighted by Gasteiger charge is -2.03. The molecule has 18 heavy (non-hydrogen) atoms. The Morgan fingerprint density at radius 3 is 2.61 bits per heavy atom. The largest absolute Gasteiger partial charge is 0.328 e. The van der Waals surface area contributed by atoms with Crippen molar-refractivity contribution in [1.29, 1.82) is 0 Å². The molecule has 0 aliphatic heterocycles. The lowest BCUT2D eigenvalue weighted by atomic mass is 10.1. The first-order chi connectivity index (χ1) is 8.49. The fourth-order valence-corrected chi connectivity index (χ4v) is 1.58. The zero-order valence-electron chi connectivity index (χ0n) is 9.56. The van der Waals surface area contributed by atoms with E-state index in [4.69, 9.17) is 0 Å². The lowest BCUT2D eigenvalue weighted by molar-refractivity contribution is 0.0966. The monoisotopic (exact) mass is 252 g/mol. The molecule has 4 nitrogen and oxygen atoms in total. The SMILES string of the molecule is Cn1ccn(CC(=O)c2cc(F)ccc2F)c1=O. The standard InChI is InChI=1S/C12H10F2N2O2/c1-15-4-5-16(12(15)18)7-11(17)9-6-8(13)2-3-10(9)14/h2-6H,7H2,1H3. The highest BCUT2D eigenvalue weighted by Gasteiger charge is 2.14. The maximum atomic E-state index is 13.3. The zero-order valence-corrected chi connectivity index (χ0v) is 9.56. The summed E-state index contributed by atoms with van der Waals surface area (Å²) in [5.74, 6) is -2.15. The quantitative estimate of drug-likeness (QED) is 0.774. The summed E-state index contributed by atoms with van der Waals surface area (Å²) in [5, 5.41) is 0. The van der Waals surface area contributed by atoms with Crippen LogP contribution in [0.1, 0.15) is 10.4 Å². The highest BCUT2D eigenvalue weighted by atomic mass is 19.1. The van der Waals surface area contributed by atoms with E-state index in [0.717, 1.165) is 22.8 Å². The molecule has 0 fully saturated rings. The van der Waals surface area contributed by atoms with Crippen LogP contribution in [-0.2, 0) is 13.6 Å². The molecule has 0 saturated carbocycles. The zero-order chi connectivity index (χ0) is 13.3. The smallest absolute Gasteiger partial charge is 0.302 e. The molecule has 0 N–H and O–H groups in total. The minimum Gasteiger partial charge on any atom is -0.302 e. The molecular formula is C12H10F2N2O2. The normalized spacial score (nSPS) is 10.6. The van der Waals surface area contributed by atoms with Gasteiger partial charge in [-0.05, 0) is 18.2 Å². The minimum absolute atomic E-state index is 0.319. The maximum absolute atomic E-state index is 13.3. The van der Waals surface area contributed by atoms with Crippen LogP contribution in [0, 0.1) is 11.6 Å². The number of nitrogens with zero attached hydrogens (tertiary/aromatic N) is 2. The molecule has 0 aliphatic rings. The molecule has 0 atom stereocenters. The van der Waals surface area contributed by atoms with E-state index in [2.05, 4.69) is 0 Å². The summed E-state index contributed by atoms with van der Waals surface area (Å²) in [6, 6.07) is 2.64. The average molecular weight is 252 g/mol. The predicted octanol–water partition coefficient (Wildman–Crippen LogP) is 1.35. The van der Waals surface area contributed by atoms with Crippen LogP contribution in [0.5, 0.6) is 0 Å². The molecule has 6 heteroatoms. The fraction of sp³-hybridized carbons (Fsp3) is 0.167. The first-order valence-electron chi connectivity index (χ1n) is 5.19. The summed E-state index contributed by atoms with van der Waals surface area (Å²) in [6.45, 7) is -0.319. The Labute approximate surface area is 101 Å². The molecular weight excluding hydrogens is 242 g/mol. The number of halogens is 2. The van der Waals surface area contributed by atoms with Crippen molar-refractivity contribution in [2.24, 2.45) is 7.05 Å².